The highest BCUT2D eigenvalue weighted by atomic mass is 14.7. The van der Waals surface area contributed by atoms with Gasteiger partial charge in [-0.15, -0.1) is 0 Å². The van der Waals surface area contributed by atoms with E-state index in [-0.39, 0.29) is 5.54 Å². The van der Waals surface area contributed by atoms with E-state index < -0.39 is 0 Å². The molecule has 2 N–H and O–H groups in total. The van der Waals surface area contributed by atoms with Crippen molar-refractivity contribution in [2.75, 3.05) is 0 Å². The monoisotopic (exact) mass is 169 g/mol. The molecule has 1 aliphatic rings. The smallest absolute Gasteiger partial charge is 0.0133 e. The summed E-state index contributed by atoms with van der Waals surface area (Å²) in [6.07, 6.45) is 5.04. The fourth-order valence-electron chi connectivity index (χ4n) is 3.04. The van der Waals surface area contributed by atoms with Gasteiger partial charge in [-0.3, -0.25) is 0 Å². The minimum Gasteiger partial charge on any atom is -0.325 e. The van der Waals surface area contributed by atoms with Crippen molar-refractivity contribution in [3.63, 3.8) is 0 Å². The largest absolute Gasteiger partial charge is 0.325 e. The lowest BCUT2D eigenvalue weighted by Crippen LogP contribution is -2.47. The summed E-state index contributed by atoms with van der Waals surface area (Å²) in [6.45, 7) is 9.18. The van der Waals surface area contributed by atoms with Gasteiger partial charge in [0.1, 0.15) is 0 Å². The third-order valence-corrected chi connectivity index (χ3v) is 3.06. The first kappa shape index (κ1) is 10.0. The van der Waals surface area contributed by atoms with Crippen LogP contribution in [0.1, 0.15) is 53.4 Å². The van der Waals surface area contributed by atoms with Crippen molar-refractivity contribution >= 4 is 0 Å². The second-order valence-corrected chi connectivity index (χ2v) is 5.68. The number of nitrogens with two attached hydrogens (primary N) is 1. The lowest BCUT2D eigenvalue weighted by atomic mass is 9.64. The Balaban J connectivity index is 2.66. The van der Waals surface area contributed by atoms with Crippen molar-refractivity contribution in [1.29, 1.82) is 0 Å². The Morgan fingerprint density at radius 2 is 1.83 bits per heavy atom. The van der Waals surface area contributed by atoms with Crippen molar-refractivity contribution in [3.8, 4) is 0 Å². The molecule has 1 saturated carbocycles. The second kappa shape index (κ2) is 3.02. The molecule has 1 fully saturated rings. The molecular weight excluding hydrogens is 146 g/mol. The highest BCUT2D eigenvalue weighted by Crippen LogP contribution is 2.43. The first-order valence-electron chi connectivity index (χ1n) is 5.13. The van der Waals surface area contributed by atoms with Crippen LogP contribution in [0.15, 0.2) is 0 Å². The van der Waals surface area contributed by atoms with Crippen LogP contribution in [0.3, 0.4) is 0 Å². The minimum atomic E-state index is 0.0857. The van der Waals surface area contributed by atoms with E-state index in [1.165, 1.54) is 25.7 Å². The summed E-state index contributed by atoms with van der Waals surface area (Å²) in [5.74, 6) is 0.851. The molecule has 0 aromatic rings. The quantitative estimate of drug-likeness (QED) is 0.641. The van der Waals surface area contributed by atoms with Gasteiger partial charge in [0.05, 0.1) is 0 Å². The fourth-order valence-corrected chi connectivity index (χ4v) is 3.04. The number of rotatable bonds is 1. The maximum Gasteiger partial charge on any atom is 0.0133 e. The molecule has 72 valence electrons. The van der Waals surface area contributed by atoms with Crippen LogP contribution >= 0.6 is 0 Å². The van der Waals surface area contributed by atoms with Crippen molar-refractivity contribution < 1.29 is 0 Å². The summed E-state index contributed by atoms with van der Waals surface area (Å²) in [5.41, 5.74) is 6.77. The van der Waals surface area contributed by atoms with Crippen LogP contribution in [0.2, 0.25) is 0 Å². The normalized spacial score (nSPS) is 41.2. The zero-order chi connectivity index (χ0) is 9.41. The van der Waals surface area contributed by atoms with E-state index in [0.29, 0.717) is 5.41 Å². The summed E-state index contributed by atoms with van der Waals surface area (Å²) in [4.78, 5) is 0. The van der Waals surface area contributed by atoms with Gasteiger partial charge in [-0.25, -0.2) is 0 Å². The van der Waals surface area contributed by atoms with E-state index in [2.05, 4.69) is 27.7 Å². The van der Waals surface area contributed by atoms with Gasteiger partial charge in [0.15, 0.2) is 0 Å². The Hall–Kier alpha value is -0.0400. The molecule has 0 spiro atoms. The van der Waals surface area contributed by atoms with Gasteiger partial charge in [-0.1, -0.05) is 27.2 Å². The van der Waals surface area contributed by atoms with E-state index in [1.54, 1.807) is 0 Å². The van der Waals surface area contributed by atoms with Crippen molar-refractivity contribution in [2.24, 2.45) is 17.1 Å². The SMILES string of the molecule is CCC1CC(C)(C)C[C@@](C)(N)C1. The zero-order valence-electron chi connectivity index (χ0n) is 8.98. The summed E-state index contributed by atoms with van der Waals surface area (Å²) >= 11 is 0. The number of hydrogen-bond donors (Lipinski definition) is 1. The maximum absolute atomic E-state index is 6.22. The van der Waals surface area contributed by atoms with Gasteiger partial charge in [0.2, 0.25) is 0 Å². The van der Waals surface area contributed by atoms with Crippen molar-refractivity contribution in [3.05, 3.63) is 0 Å². The molecule has 1 aliphatic carbocycles. The minimum absolute atomic E-state index is 0.0857. The van der Waals surface area contributed by atoms with Gasteiger partial charge in [-0.2, -0.15) is 0 Å². The lowest BCUT2D eigenvalue weighted by Gasteiger charge is -2.44. The molecule has 2 atom stereocenters. The molecule has 0 amide bonds. The Labute approximate surface area is 76.7 Å². The molecule has 0 radical (unpaired) electrons. The highest BCUT2D eigenvalue weighted by Gasteiger charge is 2.37. The third-order valence-electron chi connectivity index (χ3n) is 3.06. The molecule has 1 unspecified atom stereocenters. The second-order valence-electron chi connectivity index (χ2n) is 5.68. The molecular formula is C11H23N. The van der Waals surface area contributed by atoms with Crippen LogP contribution in [0.25, 0.3) is 0 Å². The first-order chi connectivity index (χ1) is 5.35. The summed E-state index contributed by atoms with van der Waals surface area (Å²) < 4.78 is 0. The maximum atomic E-state index is 6.22. The zero-order valence-corrected chi connectivity index (χ0v) is 8.98. The van der Waals surface area contributed by atoms with E-state index in [9.17, 15) is 0 Å². The van der Waals surface area contributed by atoms with Crippen LogP contribution in [0.5, 0.6) is 0 Å². The standard InChI is InChI=1S/C11H23N/c1-5-9-6-10(2,3)8-11(4,12)7-9/h9H,5-8,12H2,1-4H3/t9?,11-/m0/s1. The predicted molar refractivity (Wildman–Crippen MR) is 54.0 cm³/mol. The molecule has 0 saturated heterocycles. The Kier molecular flexibility index (Phi) is 2.53. The molecule has 0 heterocycles. The van der Waals surface area contributed by atoms with Crippen LogP contribution in [0, 0.1) is 11.3 Å². The molecule has 0 aromatic heterocycles. The molecule has 0 aliphatic heterocycles. The predicted octanol–water partition coefficient (Wildman–Crippen LogP) is 2.94. The summed E-state index contributed by atoms with van der Waals surface area (Å²) in [7, 11) is 0. The lowest BCUT2D eigenvalue weighted by molar-refractivity contribution is 0.108. The van der Waals surface area contributed by atoms with Crippen LogP contribution in [0.4, 0.5) is 0 Å². The molecule has 0 bridgehead atoms. The van der Waals surface area contributed by atoms with Crippen molar-refractivity contribution in [1.82, 2.24) is 0 Å². The Bertz CT molecular complexity index is 142. The average molecular weight is 169 g/mol. The van der Waals surface area contributed by atoms with Crippen LogP contribution in [-0.4, -0.2) is 5.54 Å². The number of hydrogen-bond acceptors (Lipinski definition) is 1. The van der Waals surface area contributed by atoms with Gasteiger partial charge in [0.25, 0.3) is 0 Å². The van der Waals surface area contributed by atoms with E-state index >= 15 is 0 Å². The fraction of sp³-hybridized carbons (Fsp3) is 1.00. The van der Waals surface area contributed by atoms with E-state index in [0.717, 1.165) is 5.92 Å². The summed E-state index contributed by atoms with van der Waals surface area (Å²) in [6, 6.07) is 0. The van der Waals surface area contributed by atoms with Crippen molar-refractivity contribution in [2.45, 2.75) is 58.9 Å². The Morgan fingerprint density at radius 1 is 1.25 bits per heavy atom. The van der Waals surface area contributed by atoms with Crippen LogP contribution in [-0.2, 0) is 0 Å². The first-order valence-corrected chi connectivity index (χ1v) is 5.13. The highest BCUT2D eigenvalue weighted by molar-refractivity contribution is 4.94. The van der Waals surface area contributed by atoms with Gasteiger partial charge >= 0.3 is 0 Å². The molecule has 12 heavy (non-hydrogen) atoms. The summed E-state index contributed by atoms with van der Waals surface area (Å²) in [5, 5.41) is 0. The molecule has 1 rings (SSSR count). The average Bonchev–Trinajstić information content (AvgIpc) is 1.80. The molecule has 1 nitrogen and oxygen atoms in total. The Morgan fingerprint density at radius 3 is 2.25 bits per heavy atom. The third kappa shape index (κ3) is 2.48. The van der Waals surface area contributed by atoms with E-state index in [4.69, 9.17) is 5.73 Å². The van der Waals surface area contributed by atoms with Gasteiger partial charge < -0.3 is 5.73 Å². The van der Waals surface area contributed by atoms with Crippen LogP contribution < -0.4 is 5.73 Å². The van der Waals surface area contributed by atoms with Gasteiger partial charge in [0, 0.05) is 5.54 Å². The van der Waals surface area contributed by atoms with Gasteiger partial charge in [-0.05, 0) is 37.5 Å². The molecule has 1 heteroatoms. The molecule has 0 aromatic carbocycles. The topological polar surface area (TPSA) is 26.0 Å². The van der Waals surface area contributed by atoms with E-state index in [1.807, 2.05) is 0 Å².